The molecule has 1 fully saturated rings. The molecule has 1 saturated heterocycles. The number of halogens is 1. The van der Waals surface area contributed by atoms with E-state index in [9.17, 15) is 4.79 Å². The summed E-state index contributed by atoms with van der Waals surface area (Å²) in [5.41, 5.74) is 7.21. The average molecular weight is 299 g/mol. The van der Waals surface area contributed by atoms with Crippen LogP contribution < -0.4 is 5.73 Å². The van der Waals surface area contributed by atoms with Crippen LogP contribution in [0.25, 0.3) is 0 Å². The molecule has 1 heterocycles. The normalized spacial score (nSPS) is 21.8. The fourth-order valence-corrected chi connectivity index (χ4v) is 2.42. The number of amides is 1. The fraction of sp³-hybridized carbons (Fsp3) is 0.533. The summed E-state index contributed by atoms with van der Waals surface area (Å²) >= 11 is 0. The van der Waals surface area contributed by atoms with Gasteiger partial charge in [-0.1, -0.05) is 37.3 Å². The van der Waals surface area contributed by atoms with Crippen molar-refractivity contribution >= 4 is 18.3 Å². The summed E-state index contributed by atoms with van der Waals surface area (Å²) in [4.78, 5) is 14.3. The molecule has 1 aromatic rings. The summed E-state index contributed by atoms with van der Waals surface area (Å²) in [7, 11) is 0. The monoisotopic (exact) mass is 298 g/mol. The Kier molecular flexibility index (Phi) is 6.46. The van der Waals surface area contributed by atoms with Crippen molar-refractivity contribution in [2.75, 3.05) is 19.7 Å². The van der Waals surface area contributed by atoms with Crippen molar-refractivity contribution in [1.29, 1.82) is 0 Å². The number of benzene rings is 1. The lowest BCUT2D eigenvalue weighted by molar-refractivity contribution is -0.142. The van der Waals surface area contributed by atoms with Crippen molar-refractivity contribution < 1.29 is 9.53 Å². The van der Waals surface area contributed by atoms with Crippen LogP contribution >= 0.6 is 12.4 Å². The summed E-state index contributed by atoms with van der Waals surface area (Å²) in [5, 5.41) is 0. The predicted octanol–water partition coefficient (Wildman–Crippen LogP) is 1.99. The second-order valence-electron chi connectivity index (χ2n) is 5.19. The van der Waals surface area contributed by atoms with Gasteiger partial charge >= 0.3 is 0 Å². The number of hydrogen-bond acceptors (Lipinski definition) is 3. The second-order valence-corrected chi connectivity index (χ2v) is 5.19. The molecule has 112 valence electrons. The van der Waals surface area contributed by atoms with Crippen LogP contribution in [-0.4, -0.2) is 36.6 Å². The van der Waals surface area contributed by atoms with E-state index in [1.165, 1.54) is 0 Å². The molecule has 2 rings (SSSR count). The zero-order valence-electron chi connectivity index (χ0n) is 12.0. The zero-order valence-corrected chi connectivity index (χ0v) is 12.8. The number of morpholine rings is 1. The van der Waals surface area contributed by atoms with Crippen molar-refractivity contribution in [3.8, 4) is 0 Å². The van der Waals surface area contributed by atoms with Crippen molar-refractivity contribution in [2.45, 2.75) is 26.0 Å². The quantitative estimate of drug-likeness (QED) is 0.928. The molecule has 4 nitrogen and oxygen atoms in total. The Labute approximate surface area is 126 Å². The van der Waals surface area contributed by atoms with Crippen LogP contribution in [0, 0.1) is 5.92 Å². The first kappa shape index (κ1) is 17.0. The molecule has 1 aliphatic heterocycles. The Morgan fingerprint density at radius 1 is 1.40 bits per heavy atom. The van der Waals surface area contributed by atoms with E-state index < -0.39 is 0 Å². The zero-order chi connectivity index (χ0) is 13.8. The first-order valence-electron chi connectivity index (χ1n) is 6.80. The highest BCUT2D eigenvalue weighted by Crippen LogP contribution is 2.22. The van der Waals surface area contributed by atoms with Gasteiger partial charge in [-0.05, 0) is 12.5 Å². The molecule has 1 aliphatic rings. The summed E-state index contributed by atoms with van der Waals surface area (Å²) < 4.78 is 5.46. The van der Waals surface area contributed by atoms with E-state index >= 15 is 0 Å². The van der Waals surface area contributed by atoms with Gasteiger partial charge in [0, 0.05) is 19.1 Å². The van der Waals surface area contributed by atoms with E-state index in [0.29, 0.717) is 19.7 Å². The van der Waals surface area contributed by atoms with E-state index in [0.717, 1.165) is 5.56 Å². The van der Waals surface area contributed by atoms with Gasteiger partial charge in [0.05, 0.1) is 18.6 Å². The van der Waals surface area contributed by atoms with Gasteiger partial charge < -0.3 is 15.4 Å². The van der Waals surface area contributed by atoms with Crippen molar-refractivity contribution in [3.05, 3.63) is 35.9 Å². The van der Waals surface area contributed by atoms with Crippen LogP contribution in [0.3, 0.4) is 0 Å². The standard InChI is InChI=1S/C15H22N2O2.ClH/c1-11-10-17(8-9-19-11)15(18)12(2)14(16)13-6-4-3-5-7-13;/h3-7,11-12,14H,8-10,16H2,1-2H3;1H. The van der Waals surface area contributed by atoms with E-state index in [2.05, 4.69) is 0 Å². The Morgan fingerprint density at radius 2 is 2.05 bits per heavy atom. The minimum absolute atomic E-state index is 0. The van der Waals surface area contributed by atoms with Gasteiger partial charge in [0.15, 0.2) is 0 Å². The highest BCUT2D eigenvalue weighted by atomic mass is 35.5. The predicted molar refractivity (Wildman–Crippen MR) is 81.8 cm³/mol. The van der Waals surface area contributed by atoms with Gasteiger partial charge in [0.1, 0.15) is 0 Å². The Bertz CT molecular complexity index is 427. The molecular weight excluding hydrogens is 276 g/mol. The van der Waals surface area contributed by atoms with Gasteiger partial charge in [-0.2, -0.15) is 0 Å². The summed E-state index contributed by atoms with van der Waals surface area (Å²) in [6.07, 6.45) is 0.109. The first-order valence-corrected chi connectivity index (χ1v) is 6.80. The van der Waals surface area contributed by atoms with Crippen LogP contribution in [0.1, 0.15) is 25.5 Å². The third-order valence-electron chi connectivity index (χ3n) is 3.67. The molecule has 3 atom stereocenters. The molecule has 20 heavy (non-hydrogen) atoms. The third kappa shape index (κ3) is 3.95. The molecule has 0 aliphatic carbocycles. The summed E-state index contributed by atoms with van der Waals surface area (Å²) in [6.45, 7) is 5.82. The minimum Gasteiger partial charge on any atom is -0.375 e. The minimum atomic E-state index is -0.258. The molecule has 0 spiro atoms. The number of ether oxygens (including phenoxy) is 1. The van der Waals surface area contributed by atoms with Gasteiger partial charge in [-0.3, -0.25) is 4.79 Å². The van der Waals surface area contributed by atoms with Crippen LogP contribution in [0.2, 0.25) is 0 Å². The number of rotatable bonds is 3. The highest BCUT2D eigenvalue weighted by Gasteiger charge is 2.29. The number of carbonyl (C=O) groups is 1. The third-order valence-corrected chi connectivity index (χ3v) is 3.67. The van der Waals surface area contributed by atoms with Gasteiger partial charge in [-0.25, -0.2) is 0 Å². The van der Waals surface area contributed by atoms with Gasteiger partial charge in [0.25, 0.3) is 0 Å². The highest BCUT2D eigenvalue weighted by molar-refractivity contribution is 5.85. The molecule has 0 bridgehead atoms. The Balaban J connectivity index is 0.00000200. The number of carbonyl (C=O) groups excluding carboxylic acids is 1. The van der Waals surface area contributed by atoms with Crippen molar-refractivity contribution in [1.82, 2.24) is 4.90 Å². The Hall–Kier alpha value is -1.10. The van der Waals surface area contributed by atoms with Crippen molar-refractivity contribution in [3.63, 3.8) is 0 Å². The molecule has 2 N–H and O–H groups in total. The van der Waals surface area contributed by atoms with Crippen LogP contribution in [-0.2, 0) is 9.53 Å². The molecular formula is C15H23ClN2O2. The summed E-state index contributed by atoms with van der Waals surface area (Å²) in [5.74, 6) is -0.0980. The fourth-order valence-electron chi connectivity index (χ4n) is 2.42. The number of nitrogens with zero attached hydrogens (tertiary/aromatic N) is 1. The van der Waals surface area contributed by atoms with Crippen LogP contribution in [0.5, 0.6) is 0 Å². The topological polar surface area (TPSA) is 55.6 Å². The van der Waals surface area contributed by atoms with Gasteiger partial charge in [0.2, 0.25) is 5.91 Å². The maximum Gasteiger partial charge on any atom is 0.227 e. The Morgan fingerprint density at radius 3 is 2.65 bits per heavy atom. The van der Waals surface area contributed by atoms with E-state index in [-0.39, 0.29) is 36.4 Å². The number of nitrogens with two attached hydrogens (primary N) is 1. The smallest absolute Gasteiger partial charge is 0.227 e. The molecule has 0 aromatic heterocycles. The number of hydrogen-bond donors (Lipinski definition) is 1. The van der Waals surface area contributed by atoms with E-state index in [4.69, 9.17) is 10.5 Å². The summed E-state index contributed by atoms with van der Waals surface area (Å²) in [6, 6.07) is 9.53. The molecule has 1 aromatic carbocycles. The molecule has 3 unspecified atom stereocenters. The maximum absolute atomic E-state index is 12.4. The lowest BCUT2D eigenvalue weighted by atomic mass is 9.94. The average Bonchev–Trinajstić information content (AvgIpc) is 2.46. The largest absolute Gasteiger partial charge is 0.375 e. The van der Waals surface area contributed by atoms with E-state index in [1.54, 1.807) is 0 Å². The molecule has 0 radical (unpaired) electrons. The molecule has 0 saturated carbocycles. The lowest BCUT2D eigenvalue weighted by Gasteiger charge is -2.34. The SMILES string of the molecule is CC1CN(C(=O)C(C)C(N)c2ccccc2)CCO1.Cl. The molecule has 1 amide bonds. The van der Waals surface area contributed by atoms with Crippen molar-refractivity contribution in [2.24, 2.45) is 11.7 Å². The van der Waals surface area contributed by atoms with E-state index in [1.807, 2.05) is 49.1 Å². The first-order chi connectivity index (χ1) is 9.09. The lowest BCUT2D eigenvalue weighted by Crippen LogP contribution is -2.48. The van der Waals surface area contributed by atoms with Crippen LogP contribution in [0.4, 0.5) is 0 Å². The second kappa shape index (κ2) is 7.62. The van der Waals surface area contributed by atoms with Crippen LogP contribution in [0.15, 0.2) is 30.3 Å². The maximum atomic E-state index is 12.4. The van der Waals surface area contributed by atoms with Gasteiger partial charge in [-0.15, -0.1) is 12.4 Å². The molecule has 5 heteroatoms.